The van der Waals surface area contributed by atoms with E-state index in [4.69, 9.17) is 9.26 Å². The second-order valence-electron chi connectivity index (χ2n) is 5.93. The summed E-state index contributed by atoms with van der Waals surface area (Å²) in [5, 5.41) is 6.55. The number of hydrogen-bond acceptors (Lipinski definition) is 7. The summed E-state index contributed by atoms with van der Waals surface area (Å²) in [5.74, 6) is -0.277. The van der Waals surface area contributed by atoms with E-state index in [1.165, 1.54) is 7.11 Å². The quantitative estimate of drug-likeness (QED) is 0.628. The van der Waals surface area contributed by atoms with Crippen LogP contribution in [0, 0.1) is 0 Å². The van der Waals surface area contributed by atoms with Crippen molar-refractivity contribution in [1.82, 2.24) is 15.5 Å². The highest BCUT2D eigenvalue weighted by atomic mass is 16.5. The molecule has 0 bridgehead atoms. The molecular formula is C20H19N3O5. The molecule has 3 rings (SSSR count). The van der Waals surface area contributed by atoms with Crippen molar-refractivity contribution >= 4 is 11.9 Å². The van der Waals surface area contributed by atoms with Crippen LogP contribution in [0.25, 0.3) is 0 Å². The molecule has 0 saturated carbocycles. The predicted octanol–water partition coefficient (Wildman–Crippen LogP) is 2.93. The third-order valence-corrected chi connectivity index (χ3v) is 3.95. The van der Waals surface area contributed by atoms with Crippen LogP contribution in [-0.2, 0) is 11.3 Å². The number of benzene rings is 2. The average molecular weight is 381 g/mol. The van der Waals surface area contributed by atoms with E-state index in [9.17, 15) is 9.59 Å². The number of nitrogens with one attached hydrogen (secondary N) is 1. The Hall–Kier alpha value is -3.68. The first kappa shape index (κ1) is 19.1. The molecule has 0 spiro atoms. The van der Waals surface area contributed by atoms with Crippen LogP contribution in [0.1, 0.15) is 45.4 Å². The standard InChI is InChI=1S/C20H19N3O5/c1-13(14-6-4-3-5-7-14)21-18(24)19-22-17(23-28-19)12-27-16-10-8-15(9-11-16)20(25)26-2/h3-11,13H,12H2,1-2H3,(H,21,24)/t13-/m0/s1. The van der Waals surface area contributed by atoms with Gasteiger partial charge in [-0.2, -0.15) is 4.98 Å². The number of methoxy groups -OCH3 is 1. The summed E-state index contributed by atoms with van der Waals surface area (Å²) < 4.78 is 15.2. The first-order chi connectivity index (χ1) is 13.6. The van der Waals surface area contributed by atoms with Crippen LogP contribution in [-0.4, -0.2) is 29.1 Å². The van der Waals surface area contributed by atoms with Crippen molar-refractivity contribution in [1.29, 1.82) is 0 Å². The van der Waals surface area contributed by atoms with Crippen LogP contribution in [0.4, 0.5) is 0 Å². The molecule has 3 aromatic rings. The summed E-state index contributed by atoms with van der Waals surface area (Å²) >= 11 is 0. The topological polar surface area (TPSA) is 104 Å². The second kappa shape index (κ2) is 8.81. The molecule has 0 unspecified atom stereocenters. The van der Waals surface area contributed by atoms with E-state index in [0.717, 1.165) is 5.56 Å². The Morgan fingerprint density at radius 1 is 1.11 bits per heavy atom. The molecule has 28 heavy (non-hydrogen) atoms. The lowest BCUT2D eigenvalue weighted by molar-refractivity contribution is 0.0600. The van der Waals surface area contributed by atoms with E-state index >= 15 is 0 Å². The maximum atomic E-state index is 12.3. The summed E-state index contributed by atoms with van der Waals surface area (Å²) in [7, 11) is 1.32. The molecule has 1 amide bonds. The van der Waals surface area contributed by atoms with Gasteiger partial charge in [0.2, 0.25) is 5.82 Å². The van der Waals surface area contributed by atoms with Crippen LogP contribution in [0.5, 0.6) is 5.75 Å². The Kier molecular flexibility index (Phi) is 6.01. The van der Waals surface area contributed by atoms with Gasteiger partial charge in [0, 0.05) is 0 Å². The smallest absolute Gasteiger partial charge is 0.337 e. The largest absolute Gasteiger partial charge is 0.485 e. The molecular weight excluding hydrogens is 362 g/mol. The Balaban J connectivity index is 1.55. The summed E-state index contributed by atoms with van der Waals surface area (Å²) in [5.41, 5.74) is 1.38. The monoisotopic (exact) mass is 381 g/mol. The van der Waals surface area contributed by atoms with Crippen molar-refractivity contribution in [2.75, 3.05) is 7.11 Å². The van der Waals surface area contributed by atoms with E-state index in [1.54, 1.807) is 24.3 Å². The molecule has 144 valence electrons. The summed E-state index contributed by atoms with van der Waals surface area (Å²) in [6.07, 6.45) is 0. The van der Waals surface area contributed by atoms with Crippen LogP contribution in [0.2, 0.25) is 0 Å². The fourth-order valence-electron chi connectivity index (χ4n) is 2.44. The molecule has 1 N–H and O–H groups in total. The predicted molar refractivity (Wildman–Crippen MR) is 98.7 cm³/mol. The van der Waals surface area contributed by atoms with Gasteiger partial charge in [-0.05, 0) is 36.8 Å². The Labute approximate surface area is 161 Å². The fraction of sp³-hybridized carbons (Fsp3) is 0.200. The molecule has 1 atom stereocenters. The van der Waals surface area contributed by atoms with Gasteiger partial charge in [-0.3, -0.25) is 4.79 Å². The number of carbonyl (C=O) groups is 2. The summed E-state index contributed by atoms with van der Waals surface area (Å²) in [6.45, 7) is 1.88. The van der Waals surface area contributed by atoms with E-state index in [0.29, 0.717) is 11.3 Å². The highest BCUT2D eigenvalue weighted by Crippen LogP contribution is 2.15. The highest BCUT2D eigenvalue weighted by Gasteiger charge is 2.18. The molecule has 8 heteroatoms. The minimum absolute atomic E-state index is 0.0165. The van der Waals surface area contributed by atoms with Crippen molar-refractivity contribution in [3.8, 4) is 5.75 Å². The zero-order valence-corrected chi connectivity index (χ0v) is 15.4. The van der Waals surface area contributed by atoms with Gasteiger partial charge in [0.25, 0.3) is 0 Å². The van der Waals surface area contributed by atoms with Gasteiger partial charge in [-0.25, -0.2) is 4.79 Å². The molecule has 0 aliphatic carbocycles. The zero-order chi connectivity index (χ0) is 19.9. The maximum absolute atomic E-state index is 12.3. The van der Waals surface area contributed by atoms with E-state index in [2.05, 4.69) is 20.2 Å². The molecule has 2 aromatic carbocycles. The Morgan fingerprint density at radius 3 is 2.50 bits per heavy atom. The third kappa shape index (κ3) is 4.73. The highest BCUT2D eigenvalue weighted by molar-refractivity contribution is 5.90. The fourth-order valence-corrected chi connectivity index (χ4v) is 2.44. The third-order valence-electron chi connectivity index (χ3n) is 3.95. The van der Waals surface area contributed by atoms with E-state index in [-0.39, 0.29) is 24.4 Å². The van der Waals surface area contributed by atoms with E-state index in [1.807, 2.05) is 37.3 Å². The molecule has 0 fully saturated rings. The summed E-state index contributed by atoms with van der Waals surface area (Å²) in [6, 6.07) is 15.8. The number of esters is 1. The van der Waals surface area contributed by atoms with Crippen LogP contribution in [0.3, 0.4) is 0 Å². The number of amides is 1. The lowest BCUT2D eigenvalue weighted by Gasteiger charge is -2.12. The molecule has 0 aliphatic rings. The number of nitrogens with zero attached hydrogens (tertiary/aromatic N) is 2. The Morgan fingerprint density at radius 2 is 1.82 bits per heavy atom. The maximum Gasteiger partial charge on any atom is 0.337 e. The zero-order valence-electron chi connectivity index (χ0n) is 15.4. The number of carbonyl (C=O) groups excluding carboxylic acids is 2. The summed E-state index contributed by atoms with van der Waals surface area (Å²) in [4.78, 5) is 27.7. The van der Waals surface area contributed by atoms with Gasteiger partial charge < -0.3 is 19.3 Å². The number of ether oxygens (including phenoxy) is 2. The molecule has 1 heterocycles. The lowest BCUT2D eigenvalue weighted by Crippen LogP contribution is -2.26. The first-order valence-corrected chi connectivity index (χ1v) is 8.56. The van der Waals surface area contributed by atoms with Gasteiger partial charge in [-0.15, -0.1) is 0 Å². The normalized spacial score (nSPS) is 11.5. The van der Waals surface area contributed by atoms with Crippen molar-refractivity contribution in [3.05, 3.63) is 77.4 Å². The minimum Gasteiger partial charge on any atom is -0.485 e. The number of hydrogen-bond donors (Lipinski definition) is 1. The second-order valence-corrected chi connectivity index (χ2v) is 5.93. The Bertz CT molecular complexity index is 938. The molecule has 0 radical (unpaired) electrons. The first-order valence-electron chi connectivity index (χ1n) is 8.56. The van der Waals surface area contributed by atoms with Gasteiger partial charge in [0.05, 0.1) is 18.7 Å². The molecule has 0 saturated heterocycles. The lowest BCUT2D eigenvalue weighted by atomic mass is 10.1. The van der Waals surface area contributed by atoms with Crippen LogP contribution < -0.4 is 10.1 Å². The molecule has 0 aliphatic heterocycles. The van der Waals surface area contributed by atoms with Gasteiger partial charge in [0.15, 0.2) is 6.61 Å². The van der Waals surface area contributed by atoms with Crippen molar-refractivity contribution in [2.45, 2.75) is 19.6 Å². The van der Waals surface area contributed by atoms with Gasteiger partial charge in [-0.1, -0.05) is 35.5 Å². The average Bonchev–Trinajstić information content (AvgIpc) is 3.22. The number of aromatic nitrogens is 2. The minimum atomic E-state index is -0.461. The number of rotatable bonds is 7. The van der Waals surface area contributed by atoms with Crippen molar-refractivity contribution < 1.29 is 23.6 Å². The van der Waals surface area contributed by atoms with Crippen molar-refractivity contribution in [2.24, 2.45) is 0 Å². The SMILES string of the molecule is COC(=O)c1ccc(OCc2noc(C(=O)N[C@@H](C)c3ccccc3)n2)cc1. The molecule has 8 nitrogen and oxygen atoms in total. The van der Waals surface area contributed by atoms with Gasteiger partial charge >= 0.3 is 17.8 Å². The van der Waals surface area contributed by atoms with Crippen LogP contribution in [0.15, 0.2) is 59.1 Å². The van der Waals surface area contributed by atoms with Crippen molar-refractivity contribution in [3.63, 3.8) is 0 Å². The van der Waals surface area contributed by atoms with E-state index < -0.39 is 11.9 Å². The van der Waals surface area contributed by atoms with Crippen LogP contribution >= 0.6 is 0 Å². The molecule has 1 aromatic heterocycles. The van der Waals surface area contributed by atoms with Gasteiger partial charge in [0.1, 0.15) is 5.75 Å².